The Morgan fingerprint density at radius 1 is 1.04 bits per heavy atom. The van der Waals surface area contributed by atoms with E-state index in [1.54, 1.807) is 0 Å². The van der Waals surface area contributed by atoms with E-state index in [2.05, 4.69) is 37.5 Å². The molecule has 1 heterocycles. The van der Waals surface area contributed by atoms with E-state index in [0.717, 1.165) is 51.8 Å². The first-order valence-electron chi connectivity index (χ1n) is 9.60. The van der Waals surface area contributed by atoms with Crippen molar-refractivity contribution in [3.05, 3.63) is 0 Å². The predicted molar refractivity (Wildman–Crippen MR) is 95.7 cm³/mol. The van der Waals surface area contributed by atoms with Gasteiger partial charge in [0.05, 0.1) is 18.8 Å². The summed E-state index contributed by atoms with van der Waals surface area (Å²) in [6.45, 7) is 15.7. The Labute approximate surface area is 143 Å². The maximum absolute atomic E-state index is 10.2. The Kier molecular flexibility index (Phi) is 7.33. The Morgan fingerprint density at radius 3 is 2.26 bits per heavy atom. The maximum Gasteiger partial charge on any atom is 0.0715 e. The van der Waals surface area contributed by atoms with Crippen LogP contribution in [0.5, 0.6) is 0 Å². The summed E-state index contributed by atoms with van der Waals surface area (Å²) in [6.07, 6.45) is 5.55. The number of rotatable bonds is 6. The lowest BCUT2D eigenvalue weighted by atomic mass is 9.88. The Balaban J connectivity index is 1.59. The third-order valence-corrected chi connectivity index (χ3v) is 5.67. The van der Waals surface area contributed by atoms with Crippen molar-refractivity contribution in [3.63, 3.8) is 0 Å². The van der Waals surface area contributed by atoms with Crippen molar-refractivity contribution >= 4 is 0 Å². The maximum atomic E-state index is 10.2. The lowest BCUT2D eigenvalue weighted by Crippen LogP contribution is -2.50. The van der Waals surface area contributed by atoms with Gasteiger partial charge in [0.25, 0.3) is 0 Å². The number of β-amino-alcohol motifs (C(OH)–C–C–N with tert-alkyl or cyclic N) is 1. The summed E-state index contributed by atoms with van der Waals surface area (Å²) in [5.74, 6) is 0.736. The highest BCUT2D eigenvalue weighted by molar-refractivity contribution is 4.80. The highest BCUT2D eigenvalue weighted by atomic mass is 16.5. The molecule has 0 aromatic carbocycles. The molecule has 1 saturated carbocycles. The average Bonchev–Trinajstić information content (AvgIpc) is 2.50. The molecule has 1 N–H and O–H groups in total. The van der Waals surface area contributed by atoms with Crippen LogP contribution in [0.4, 0.5) is 0 Å². The van der Waals surface area contributed by atoms with Gasteiger partial charge in [-0.3, -0.25) is 9.80 Å². The number of piperazine rings is 1. The van der Waals surface area contributed by atoms with Crippen LogP contribution in [0.15, 0.2) is 0 Å². The summed E-state index contributed by atoms with van der Waals surface area (Å²) < 4.78 is 6.14. The summed E-state index contributed by atoms with van der Waals surface area (Å²) in [6, 6.07) is 0. The molecule has 0 amide bonds. The Bertz CT molecular complexity index is 335. The van der Waals surface area contributed by atoms with Crippen molar-refractivity contribution in [2.45, 2.75) is 65.6 Å². The van der Waals surface area contributed by atoms with Gasteiger partial charge in [-0.15, -0.1) is 0 Å². The van der Waals surface area contributed by atoms with Crippen LogP contribution in [0.3, 0.4) is 0 Å². The summed E-state index contributed by atoms with van der Waals surface area (Å²) in [5, 5.41) is 10.2. The predicted octanol–water partition coefficient (Wildman–Crippen LogP) is 2.61. The molecule has 0 aromatic heterocycles. The van der Waals surface area contributed by atoms with Crippen molar-refractivity contribution in [2.75, 3.05) is 45.9 Å². The fourth-order valence-electron chi connectivity index (χ4n) is 3.58. The van der Waals surface area contributed by atoms with Gasteiger partial charge in [-0.25, -0.2) is 0 Å². The lowest BCUT2D eigenvalue weighted by molar-refractivity contribution is -0.0227. The minimum absolute atomic E-state index is 0.0261. The zero-order valence-corrected chi connectivity index (χ0v) is 15.8. The quantitative estimate of drug-likeness (QED) is 0.814. The first kappa shape index (κ1) is 19.2. The zero-order valence-electron chi connectivity index (χ0n) is 15.8. The van der Waals surface area contributed by atoms with E-state index in [1.807, 2.05) is 0 Å². The van der Waals surface area contributed by atoms with Crippen LogP contribution in [0.25, 0.3) is 0 Å². The molecule has 1 aliphatic heterocycles. The topological polar surface area (TPSA) is 35.9 Å². The van der Waals surface area contributed by atoms with Gasteiger partial charge in [0.2, 0.25) is 0 Å². The molecule has 1 aliphatic carbocycles. The van der Waals surface area contributed by atoms with Crippen LogP contribution in [0.1, 0.15) is 53.4 Å². The summed E-state index contributed by atoms with van der Waals surface area (Å²) in [5.41, 5.74) is -0.0261. The summed E-state index contributed by atoms with van der Waals surface area (Å²) in [4.78, 5) is 4.91. The number of hydrogen-bond donors (Lipinski definition) is 1. The Morgan fingerprint density at radius 2 is 1.65 bits per heavy atom. The molecule has 2 fully saturated rings. The van der Waals surface area contributed by atoms with E-state index >= 15 is 0 Å². The number of aliphatic hydroxyl groups excluding tert-OH is 1. The zero-order chi connectivity index (χ0) is 16.9. The molecule has 4 heteroatoms. The van der Waals surface area contributed by atoms with Crippen molar-refractivity contribution < 1.29 is 9.84 Å². The molecule has 0 spiro atoms. The average molecular weight is 327 g/mol. The molecule has 2 rings (SSSR count). The van der Waals surface area contributed by atoms with Crippen molar-refractivity contribution in [1.82, 2.24) is 9.80 Å². The monoisotopic (exact) mass is 326 g/mol. The highest BCUT2D eigenvalue weighted by Crippen LogP contribution is 2.26. The van der Waals surface area contributed by atoms with Crippen molar-refractivity contribution in [1.29, 1.82) is 0 Å². The number of hydrogen-bond acceptors (Lipinski definition) is 4. The second-order valence-electron chi connectivity index (χ2n) is 8.70. The molecule has 4 nitrogen and oxygen atoms in total. The fourth-order valence-corrected chi connectivity index (χ4v) is 3.58. The third-order valence-electron chi connectivity index (χ3n) is 5.67. The molecule has 3 atom stereocenters. The Hall–Kier alpha value is -0.160. The molecule has 0 bridgehead atoms. The van der Waals surface area contributed by atoms with E-state index in [-0.39, 0.29) is 11.5 Å². The molecule has 2 aliphatic rings. The van der Waals surface area contributed by atoms with Crippen LogP contribution in [-0.2, 0) is 4.74 Å². The minimum Gasteiger partial charge on any atom is -0.391 e. The first-order valence-corrected chi connectivity index (χ1v) is 9.60. The van der Waals surface area contributed by atoms with E-state index in [1.165, 1.54) is 25.7 Å². The summed E-state index contributed by atoms with van der Waals surface area (Å²) >= 11 is 0. The van der Waals surface area contributed by atoms with Gasteiger partial charge in [0, 0.05) is 39.3 Å². The smallest absolute Gasteiger partial charge is 0.0715 e. The molecular weight excluding hydrogens is 288 g/mol. The first-order chi connectivity index (χ1) is 10.9. The van der Waals surface area contributed by atoms with E-state index in [4.69, 9.17) is 4.74 Å². The van der Waals surface area contributed by atoms with Gasteiger partial charge >= 0.3 is 0 Å². The second-order valence-corrected chi connectivity index (χ2v) is 8.70. The van der Waals surface area contributed by atoms with Crippen LogP contribution in [0.2, 0.25) is 0 Å². The molecule has 3 unspecified atom stereocenters. The molecular formula is C19H38N2O2. The van der Waals surface area contributed by atoms with Crippen molar-refractivity contribution in [2.24, 2.45) is 11.3 Å². The van der Waals surface area contributed by atoms with Crippen LogP contribution in [-0.4, -0.2) is 73.0 Å². The lowest BCUT2D eigenvalue weighted by Gasteiger charge is -2.38. The largest absolute Gasteiger partial charge is 0.391 e. The van der Waals surface area contributed by atoms with Gasteiger partial charge in [-0.2, -0.15) is 0 Å². The third kappa shape index (κ3) is 6.33. The van der Waals surface area contributed by atoms with E-state index in [9.17, 15) is 5.11 Å². The van der Waals surface area contributed by atoms with Gasteiger partial charge < -0.3 is 9.84 Å². The van der Waals surface area contributed by atoms with E-state index in [0.29, 0.717) is 6.10 Å². The standard InChI is InChI=1S/C19H38N2O2/c1-16-7-5-6-8-17(16)23-14-13-20-9-11-21(12-10-20)15-18(22)19(2,3)4/h16-18,22H,5-15H2,1-4H3. The van der Waals surface area contributed by atoms with Gasteiger partial charge in [-0.1, -0.05) is 40.5 Å². The molecule has 23 heavy (non-hydrogen) atoms. The molecule has 0 radical (unpaired) electrons. The number of aliphatic hydroxyl groups is 1. The summed E-state index contributed by atoms with van der Waals surface area (Å²) in [7, 11) is 0. The SMILES string of the molecule is CC1CCCCC1OCCN1CCN(CC(O)C(C)(C)C)CC1. The van der Waals surface area contributed by atoms with Crippen LogP contribution >= 0.6 is 0 Å². The van der Waals surface area contributed by atoms with Crippen molar-refractivity contribution in [3.8, 4) is 0 Å². The normalized spacial score (nSPS) is 29.6. The molecule has 136 valence electrons. The van der Waals surface area contributed by atoms with Gasteiger partial charge in [0.1, 0.15) is 0 Å². The number of nitrogens with zero attached hydrogens (tertiary/aromatic N) is 2. The van der Waals surface area contributed by atoms with Crippen LogP contribution < -0.4 is 0 Å². The number of ether oxygens (including phenoxy) is 1. The fraction of sp³-hybridized carbons (Fsp3) is 1.00. The second kappa shape index (κ2) is 8.80. The van der Waals surface area contributed by atoms with E-state index < -0.39 is 0 Å². The highest BCUT2D eigenvalue weighted by Gasteiger charge is 2.26. The van der Waals surface area contributed by atoms with Crippen LogP contribution in [0, 0.1) is 11.3 Å². The molecule has 0 aromatic rings. The van der Waals surface area contributed by atoms with Gasteiger partial charge in [0.15, 0.2) is 0 Å². The minimum atomic E-state index is -0.245. The van der Waals surface area contributed by atoms with Gasteiger partial charge in [-0.05, 0) is 24.2 Å². The molecule has 1 saturated heterocycles.